The number of benzene rings is 1. The molecule has 3 nitrogen and oxygen atoms in total. The molecule has 0 fully saturated rings. The van der Waals surface area contributed by atoms with E-state index in [0.29, 0.717) is 5.02 Å². The molecule has 0 aromatic heterocycles. The molecule has 0 aliphatic carbocycles. The van der Waals surface area contributed by atoms with Crippen molar-refractivity contribution in [2.75, 3.05) is 0 Å². The molecule has 0 saturated carbocycles. The summed E-state index contributed by atoms with van der Waals surface area (Å²) in [5, 5.41) is 0.540. The Hall–Kier alpha value is -0.740. The monoisotopic (exact) mass is 192 g/mol. The van der Waals surface area contributed by atoms with Crippen molar-refractivity contribution >= 4 is 22.6 Å². The number of thiol groups is 1. The summed E-state index contributed by atoms with van der Waals surface area (Å²) < 4.78 is 24.4. The van der Waals surface area contributed by atoms with E-state index in [0.717, 1.165) is 0 Å². The van der Waals surface area contributed by atoms with Crippen LogP contribution in [-0.4, -0.2) is 8.42 Å². The maximum Gasteiger partial charge on any atom is 0.299 e. The zero-order valence-electron chi connectivity index (χ0n) is 5.36. The second kappa shape index (κ2) is 3.59. The van der Waals surface area contributed by atoms with Crippen molar-refractivity contribution in [3.05, 3.63) is 29.3 Å². The maximum atomic E-state index is 10.0. The fraction of sp³-hybridized carbons (Fsp3) is 0. The Morgan fingerprint density at radius 3 is 2.18 bits per heavy atom. The van der Waals surface area contributed by atoms with E-state index < -0.39 is 11.0 Å². The van der Waals surface area contributed by atoms with E-state index in [9.17, 15) is 8.42 Å². The normalized spacial score (nSPS) is 10.0. The molecule has 0 N–H and O–H groups in total. The van der Waals surface area contributed by atoms with Crippen LogP contribution in [0.5, 0.6) is 5.75 Å². The second-order valence-corrected chi connectivity index (χ2v) is 2.84. The topological polar surface area (TPSA) is 43.4 Å². The zero-order chi connectivity index (χ0) is 8.27. The third-order valence-corrected chi connectivity index (χ3v) is 1.61. The van der Waals surface area contributed by atoms with Gasteiger partial charge in [0.15, 0.2) is 0 Å². The first-order valence-corrected chi connectivity index (χ1v) is 4.24. The van der Waals surface area contributed by atoms with Gasteiger partial charge in [-0.1, -0.05) is 11.6 Å². The molecular weight excluding hydrogens is 188 g/mol. The lowest BCUT2D eigenvalue weighted by molar-refractivity contribution is 0.510. The van der Waals surface area contributed by atoms with Gasteiger partial charge >= 0.3 is 0 Å². The molecular formula is C6H5ClO3S. The highest BCUT2D eigenvalue weighted by Gasteiger charge is 1.92. The van der Waals surface area contributed by atoms with E-state index in [-0.39, 0.29) is 5.75 Å². The largest absolute Gasteiger partial charge is 0.384 e. The summed E-state index contributed by atoms with van der Waals surface area (Å²) in [7, 11) is -2.83. The predicted octanol–water partition coefficient (Wildman–Crippen LogP) is 1.25. The highest BCUT2D eigenvalue weighted by molar-refractivity contribution is 7.67. The summed E-state index contributed by atoms with van der Waals surface area (Å²) in [4.78, 5) is 0. The number of rotatable bonds is 2. The van der Waals surface area contributed by atoms with Crippen molar-refractivity contribution in [1.29, 1.82) is 0 Å². The Bertz CT molecular complexity index is 296. The average molecular weight is 193 g/mol. The van der Waals surface area contributed by atoms with Crippen molar-refractivity contribution in [1.82, 2.24) is 0 Å². The molecule has 1 aromatic rings. The Morgan fingerprint density at radius 2 is 1.73 bits per heavy atom. The van der Waals surface area contributed by atoms with Gasteiger partial charge in [0.25, 0.3) is 11.0 Å². The molecule has 0 heterocycles. The summed E-state index contributed by atoms with van der Waals surface area (Å²) in [6.45, 7) is 0. The molecule has 11 heavy (non-hydrogen) atoms. The van der Waals surface area contributed by atoms with E-state index in [2.05, 4.69) is 4.18 Å². The molecule has 0 aliphatic rings. The molecule has 0 saturated heterocycles. The van der Waals surface area contributed by atoms with Gasteiger partial charge in [0.2, 0.25) is 0 Å². The summed E-state index contributed by atoms with van der Waals surface area (Å²) in [5.41, 5.74) is 0. The van der Waals surface area contributed by atoms with Crippen LogP contribution in [0.2, 0.25) is 5.02 Å². The molecule has 0 spiro atoms. The van der Waals surface area contributed by atoms with Gasteiger partial charge in [-0.3, -0.25) is 0 Å². The van der Waals surface area contributed by atoms with Crippen LogP contribution in [0.15, 0.2) is 24.3 Å². The van der Waals surface area contributed by atoms with Gasteiger partial charge < -0.3 is 4.18 Å². The molecule has 1 rings (SSSR count). The molecule has 0 aliphatic heterocycles. The van der Waals surface area contributed by atoms with E-state index >= 15 is 0 Å². The van der Waals surface area contributed by atoms with Crippen LogP contribution in [0.1, 0.15) is 0 Å². The summed E-state index contributed by atoms with van der Waals surface area (Å²) in [6, 6.07) is 6.06. The van der Waals surface area contributed by atoms with Crippen molar-refractivity contribution in [2.24, 2.45) is 0 Å². The Kier molecular flexibility index (Phi) is 2.73. The first kappa shape index (κ1) is 8.36. The average Bonchev–Trinajstić information content (AvgIpc) is 1.93. The van der Waals surface area contributed by atoms with Crippen LogP contribution >= 0.6 is 11.6 Å². The molecule has 0 radical (unpaired) electrons. The Morgan fingerprint density at radius 1 is 1.18 bits per heavy atom. The SMILES string of the molecule is O=[SH](=O)Oc1ccc(Cl)cc1. The molecule has 1 aromatic carbocycles. The maximum absolute atomic E-state index is 10.0. The lowest BCUT2D eigenvalue weighted by Gasteiger charge is -1.95. The van der Waals surface area contributed by atoms with Gasteiger partial charge in [-0.2, -0.15) is 8.42 Å². The quantitative estimate of drug-likeness (QED) is 0.718. The summed E-state index contributed by atoms with van der Waals surface area (Å²) in [6.07, 6.45) is 0. The highest BCUT2D eigenvalue weighted by Crippen LogP contribution is 2.15. The van der Waals surface area contributed by atoms with Crippen LogP contribution in [0, 0.1) is 0 Å². The minimum atomic E-state index is -2.83. The number of halogens is 1. The fourth-order valence-corrected chi connectivity index (χ4v) is 1.00. The molecule has 5 heteroatoms. The third-order valence-electron chi connectivity index (χ3n) is 0.994. The lowest BCUT2D eigenvalue weighted by Crippen LogP contribution is -1.88. The predicted molar refractivity (Wildman–Crippen MR) is 42.4 cm³/mol. The van der Waals surface area contributed by atoms with Gasteiger partial charge in [-0.15, -0.1) is 0 Å². The lowest BCUT2D eigenvalue weighted by atomic mass is 10.3. The van der Waals surface area contributed by atoms with Crippen molar-refractivity contribution in [2.45, 2.75) is 0 Å². The van der Waals surface area contributed by atoms with Crippen molar-refractivity contribution < 1.29 is 12.6 Å². The van der Waals surface area contributed by atoms with E-state index in [4.69, 9.17) is 11.6 Å². The van der Waals surface area contributed by atoms with Gasteiger partial charge in [-0.25, -0.2) is 0 Å². The van der Waals surface area contributed by atoms with Gasteiger partial charge in [-0.05, 0) is 24.3 Å². The molecule has 0 amide bonds. The highest BCUT2D eigenvalue weighted by atomic mass is 35.5. The fourth-order valence-electron chi connectivity index (χ4n) is 0.582. The van der Waals surface area contributed by atoms with Crippen molar-refractivity contribution in [3.63, 3.8) is 0 Å². The van der Waals surface area contributed by atoms with Gasteiger partial charge in [0.05, 0.1) is 0 Å². The minimum Gasteiger partial charge on any atom is -0.384 e. The first-order chi connectivity index (χ1) is 5.18. The van der Waals surface area contributed by atoms with E-state index in [1.54, 1.807) is 12.1 Å². The Balaban J connectivity index is 2.82. The molecule has 0 unspecified atom stereocenters. The van der Waals surface area contributed by atoms with Crippen LogP contribution in [0.25, 0.3) is 0 Å². The zero-order valence-corrected chi connectivity index (χ0v) is 7.01. The minimum absolute atomic E-state index is 0.269. The van der Waals surface area contributed by atoms with Crippen LogP contribution in [0.4, 0.5) is 0 Å². The standard InChI is InChI=1S/C6H5ClO3S/c7-5-1-3-6(4-2-5)10-11(8)9/h1-4,11H. The van der Waals surface area contributed by atoms with Crippen LogP contribution in [-0.2, 0) is 11.0 Å². The number of hydrogen-bond acceptors (Lipinski definition) is 3. The molecule has 0 atom stereocenters. The second-order valence-electron chi connectivity index (χ2n) is 1.77. The van der Waals surface area contributed by atoms with Crippen LogP contribution in [0.3, 0.4) is 0 Å². The number of hydrogen-bond donors (Lipinski definition) is 1. The summed E-state index contributed by atoms with van der Waals surface area (Å²) >= 11 is 5.54. The molecule has 0 bridgehead atoms. The van der Waals surface area contributed by atoms with Crippen molar-refractivity contribution in [3.8, 4) is 5.75 Å². The van der Waals surface area contributed by atoms with E-state index in [1.807, 2.05) is 0 Å². The van der Waals surface area contributed by atoms with E-state index in [1.165, 1.54) is 12.1 Å². The Labute approximate surface area is 70.7 Å². The van der Waals surface area contributed by atoms with Crippen LogP contribution < -0.4 is 4.18 Å². The third kappa shape index (κ3) is 2.78. The smallest absolute Gasteiger partial charge is 0.299 e. The molecule has 60 valence electrons. The summed E-state index contributed by atoms with van der Waals surface area (Å²) in [5.74, 6) is 0.269. The van der Waals surface area contributed by atoms with Gasteiger partial charge in [0.1, 0.15) is 5.75 Å². The van der Waals surface area contributed by atoms with Gasteiger partial charge in [0, 0.05) is 5.02 Å². The first-order valence-electron chi connectivity index (χ1n) is 2.76.